The first-order chi connectivity index (χ1) is 9.84. The van der Waals surface area contributed by atoms with Crippen molar-refractivity contribution in [2.45, 2.75) is 39.5 Å². The second-order valence-corrected chi connectivity index (χ2v) is 7.59. The zero-order chi connectivity index (χ0) is 15.2. The van der Waals surface area contributed by atoms with Crippen LogP contribution < -0.4 is 4.74 Å². The SMILES string of the molecule is Cc1ccc(OCC(=O)N2CC3CC3C2)c(C(C)(C)C)c1. The third kappa shape index (κ3) is 3.07. The van der Waals surface area contributed by atoms with Crippen LogP contribution in [0, 0.1) is 18.8 Å². The van der Waals surface area contributed by atoms with Crippen LogP contribution in [0.4, 0.5) is 0 Å². The van der Waals surface area contributed by atoms with E-state index in [0.29, 0.717) is 0 Å². The highest BCUT2D eigenvalue weighted by molar-refractivity contribution is 5.78. The van der Waals surface area contributed by atoms with Gasteiger partial charge in [-0.3, -0.25) is 4.79 Å². The molecule has 2 atom stereocenters. The average molecular weight is 287 g/mol. The van der Waals surface area contributed by atoms with Gasteiger partial charge in [-0.25, -0.2) is 0 Å². The standard InChI is InChI=1S/C18H25NO2/c1-12-5-6-16(15(7-12)18(2,3)4)21-11-17(20)19-9-13-8-14(13)10-19/h5-7,13-14H,8-11H2,1-4H3. The van der Waals surface area contributed by atoms with Gasteiger partial charge in [0.05, 0.1) is 0 Å². The largest absolute Gasteiger partial charge is 0.483 e. The number of hydrogen-bond acceptors (Lipinski definition) is 2. The van der Waals surface area contributed by atoms with Crippen LogP contribution in [0.3, 0.4) is 0 Å². The van der Waals surface area contributed by atoms with Gasteiger partial charge in [0.1, 0.15) is 5.75 Å². The minimum absolute atomic E-state index is 0.0136. The topological polar surface area (TPSA) is 29.5 Å². The maximum atomic E-state index is 12.2. The van der Waals surface area contributed by atoms with Crippen molar-refractivity contribution >= 4 is 5.91 Å². The van der Waals surface area contributed by atoms with Crippen LogP contribution >= 0.6 is 0 Å². The monoisotopic (exact) mass is 287 g/mol. The predicted molar refractivity (Wildman–Crippen MR) is 83.6 cm³/mol. The van der Waals surface area contributed by atoms with Gasteiger partial charge < -0.3 is 9.64 Å². The van der Waals surface area contributed by atoms with Gasteiger partial charge in [0.25, 0.3) is 5.91 Å². The van der Waals surface area contributed by atoms with Crippen LogP contribution in [0.15, 0.2) is 18.2 Å². The number of fused-ring (bicyclic) bond motifs is 1. The molecule has 2 fully saturated rings. The van der Waals surface area contributed by atoms with E-state index in [-0.39, 0.29) is 17.9 Å². The van der Waals surface area contributed by atoms with Gasteiger partial charge >= 0.3 is 0 Å². The van der Waals surface area contributed by atoms with Crippen molar-refractivity contribution in [2.24, 2.45) is 11.8 Å². The first-order valence-electron chi connectivity index (χ1n) is 7.86. The number of likely N-dealkylation sites (tertiary alicyclic amines) is 1. The second-order valence-electron chi connectivity index (χ2n) is 7.59. The molecule has 1 saturated heterocycles. The van der Waals surface area contributed by atoms with E-state index in [1.54, 1.807) is 0 Å². The molecule has 3 rings (SSSR count). The molecule has 1 amide bonds. The summed E-state index contributed by atoms with van der Waals surface area (Å²) in [5, 5.41) is 0. The molecule has 1 saturated carbocycles. The number of aryl methyl sites for hydroxylation is 1. The molecule has 0 bridgehead atoms. The number of hydrogen-bond donors (Lipinski definition) is 0. The Labute approximate surface area is 127 Å². The lowest BCUT2D eigenvalue weighted by Gasteiger charge is -2.24. The molecule has 1 aliphatic heterocycles. The van der Waals surface area contributed by atoms with E-state index in [2.05, 4.69) is 33.8 Å². The molecule has 3 heteroatoms. The van der Waals surface area contributed by atoms with Crippen LogP contribution in [-0.2, 0) is 10.2 Å². The van der Waals surface area contributed by atoms with Crippen molar-refractivity contribution < 1.29 is 9.53 Å². The molecule has 1 aromatic carbocycles. The maximum absolute atomic E-state index is 12.2. The fourth-order valence-electron chi connectivity index (χ4n) is 3.19. The van der Waals surface area contributed by atoms with Gasteiger partial charge in [-0.1, -0.05) is 38.5 Å². The number of ether oxygens (including phenoxy) is 1. The average Bonchev–Trinajstić information content (AvgIpc) is 3.02. The number of benzene rings is 1. The number of amides is 1. The number of nitrogens with zero attached hydrogens (tertiary/aromatic N) is 1. The van der Waals surface area contributed by atoms with Crippen LogP contribution in [-0.4, -0.2) is 30.5 Å². The summed E-state index contributed by atoms with van der Waals surface area (Å²) in [5.41, 5.74) is 2.40. The van der Waals surface area contributed by atoms with Gasteiger partial charge in [0.15, 0.2) is 6.61 Å². The van der Waals surface area contributed by atoms with Gasteiger partial charge in [0, 0.05) is 13.1 Å². The number of carbonyl (C=O) groups excluding carboxylic acids is 1. The Kier molecular flexibility index (Phi) is 3.46. The van der Waals surface area contributed by atoms with Crippen LogP contribution in [0.25, 0.3) is 0 Å². The molecule has 2 aliphatic rings. The van der Waals surface area contributed by atoms with E-state index in [0.717, 1.165) is 30.7 Å². The Bertz CT molecular complexity index is 549. The highest BCUT2D eigenvalue weighted by Gasteiger charge is 2.46. The quantitative estimate of drug-likeness (QED) is 0.854. The van der Waals surface area contributed by atoms with Crippen LogP contribution in [0.2, 0.25) is 0 Å². The van der Waals surface area contributed by atoms with E-state index in [1.165, 1.54) is 17.5 Å². The van der Waals surface area contributed by atoms with Gasteiger partial charge in [0.2, 0.25) is 0 Å². The van der Waals surface area contributed by atoms with E-state index in [1.807, 2.05) is 17.0 Å². The number of piperidine rings is 1. The lowest BCUT2D eigenvalue weighted by Crippen LogP contribution is -2.34. The zero-order valence-electron chi connectivity index (χ0n) is 13.5. The lowest BCUT2D eigenvalue weighted by atomic mass is 9.85. The van der Waals surface area contributed by atoms with E-state index >= 15 is 0 Å². The molecule has 0 spiro atoms. The van der Waals surface area contributed by atoms with Crippen molar-refractivity contribution in [1.82, 2.24) is 4.90 Å². The third-order valence-corrected chi connectivity index (χ3v) is 4.63. The molecule has 2 unspecified atom stereocenters. The molecule has 1 heterocycles. The number of carbonyl (C=O) groups is 1. The summed E-state index contributed by atoms with van der Waals surface area (Å²) in [6.45, 7) is 10.6. The van der Waals surface area contributed by atoms with Crippen LogP contribution in [0.1, 0.15) is 38.3 Å². The van der Waals surface area contributed by atoms with E-state index < -0.39 is 0 Å². The summed E-state index contributed by atoms with van der Waals surface area (Å²) in [6.07, 6.45) is 1.32. The smallest absolute Gasteiger partial charge is 0.260 e. The third-order valence-electron chi connectivity index (χ3n) is 4.63. The minimum Gasteiger partial charge on any atom is -0.483 e. The Morgan fingerprint density at radius 1 is 1.29 bits per heavy atom. The van der Waals surface area contributed by atoms with Crippen molar-refractivity contribution in [1.29, 1.82) is 0 Å². The molecule has 114 valence electrons. The highest BCUT2D eigenvalue weighted by Crippen LogP contribution is 2.44. The molecular weight excluding hydrogens is 262 g/mol. The Balaban J connectivity index is 1.66. The molecule has 3 nitrogen and oxygen atoms in total. The Morgan fingerprint density at radius 2 is 1.95 bits per heavy atom. The van der Waals surface area contributed by atoms with Crippen molar-refractivity contribution in [3.05, 3.63) is 29.3 Å². The lowest BCUT2D eigenvalue weighted by molar-refractivity contribution is -0.132. The predicted octanol–water partition coefficient (Wildman–Crippen LogP) is 3.15. The fourth-order valence-corrected chi connectivity index (χ4v) is 3.19. The first-order valence-corrected chi connectivity index (χ1v) is 7.86. The summed E-state index contributed by atoms with van der Waals surface area (Å²) < 4.78 is 5.85. The van der Waals surface area contributed by atoms with Crippen LogP contribution in [0.5, 0.6) is 5.75 Å². The first kappa shape index (κ1) is 14.4. The summed E-state index contributed by atoms with van der Waals surface area (Å²) in [6, 6.07) is 6.19. The summed E-state index contributed by atoms with van der Waals surface area (Å²) in [4.78, 5) is 14.2. The summed E-state index contributed by atoms with van der Waals surface area (Å²) in [7, 11) is 0. The molecule has 0 N–H and O–H groups in total. The Hall–Kier alpha value is -1.51. The Morgan fingerprint density at radius 3 is 2.57 bits per heavy atom. The highest BCUT2D eigenvalue weighted by atomic mass is 16.5. The molecule has 0 aromatic heterocycles. The maximum Gasteiger partial charge on any atom is 0.260 e. The summed E-state index contributed by atoms with van der Waals surface area (Å²) >= 11 is 0. The van der Waals surface area contributed by atoms with E-state index in [9.17, 15) is 4.79 Å². The zero-order valence-corrected chi connectivity index (χ0v) is 13.5. The van der Waals surface area contributed by atoms with E-state index in [4.69, 9.17) is 4.74 Å². The van der Waals surface area contributed by atoms with Gasteiger partial charge in [-0.05, 0) is 42.2 Å². The number of rotatable bonds is 3. The molecule has 0 radical (unpaired) electrons. The second kappa shape index (κ2) is 5.04. The van der Waals surface area contributed by atoms with Crippen molar-refractivity contribution in [3.8, 4) is 5.75 Å². The molecule has 21 heavy (non-hydrogen) atoms. The minimum atomic E-state index is 0.0136. The molecule has 1 aliphatic carbocycles. The van der Waals surface area contributed by atoms with Crippen molar-refractivity contribution in [2.75, 3.05) is 19.7 Å². The normalized spacial score (nSPS) is 23.9. The molecular formula is C18H25NO2. The molecule has 1 aromatic rings. The summed E-state index contributed by atoms with van der Waals surface area (Å²) in [5.74, 6) is 2.52. The van der Waals surface area contributed by atoms with Gasteiger partial charge in [-0.15, -0.1) is 0 Å². The van der Waals surface area contributed by atoms with Gasteiger partial charge in [-0.2, -0.15) is 0 Å². The fraction of sp³-hybridized carbons (Fsp3) is 0.611. The van der Waals surface area contributed by atoms with Crippen molar-refractivity contribution in [3.63, 3.8) is 0 Å².